The van der Waals surface area contributed by atoms with E-state index in [2.05, 4.69) is 19.8 Å². The van der Waals surface area contributed by atoms with E-state index < -0.39 is 5.60 Å². The first-order chi connectivity index (χ1) is 13.1. The first kappa shape index (κ1) is 18.2. The number of hydrogen-bond acceptors (Lipinski definition) is 7. The van der Waals surface area contributed by atoms with Gasteiger partial charge in [0, 0.05) is 37.9 Å². The van der Waals surface area contributed by atoms with E-state index >= 15 is 0 Å². The van der Waals surface area contributed by atoms with Crippen molar-refractivity contribution >= 4 is 11.8 Å². The normalized spacial score (nSPS) is 26.9. The molecule has 1 aromatic heterocycles. The molecule has 3 heterocycles. The maximum absolute atomic E-state index is 11.8. The lowest BCUT2D eigenvalue weighted by Gasteiger charge is -2.50. The van der Waals surface area contributed by atoms with E-state index in [1.807, 2.05) is 43.3 Å². The Hall–Kier alpha value is -2.22. The van der Waals surface area contributed by atoms with Gasteiger partial charge < -0.3 is 20.5 Å². The van der Waals surface area contributed by atoms with Gasteiger partial charge in [-0.25, -0.2) is 4.98 Å². The lowest BCUT2D eigenvalue weighted by atomic mass is 9.79. The molecular formula is C20H27N5O2. The average molecular weight is 369 g/mol. The highest BCUT2D eigenvalue weighted by molar-refractivity contribution is 5.45. The minimum absolute atomic E-state index is 0.0472. The number of morpholine rings is 1. The number of piperidine rings is 1. The fourth-order valence-corrected chi connectivity index (χ4v) is 4.24. The van der Waals surface area contributed by atoms with Gasteiger partial charge in [-0.2, -0.15) is 4.98 Å². The average Bonchev–Trinajstić information content (AvgIpc) is 2.69. The summed E-state index contributed by atoms with van der Waals surface area (Å²) in [6, 6.07) is 11.9. The van der Waals surface area contributed by atoms with Crippen molar-refractivity contribution in [2.24, 2.45) is 0 Å². The second-order valence-corrected chi connectivity index (χ2v) is 7.38. The van der Waals surface area contributed by atoms with Crippen molar-refractivity contribution in [1.82, 2.24) is 14.9 Å². The number of aliphatic hydroxyl groups is 1. The lowest BCUT2D eigenvalue weighted by Crippen LogP contribution is -2.62. The Morgan fingerprint density at radius 2 is 1.89 bits per heavy atom. The van der Waals surface area contributed by atoms with Crippen LogP contribution in [0.15, 0.2) is 36.4 Å². The van der Waals surface area contributed by atoms with E-state index in [4.69, 9.17) is 10.5 Å². The van der Waals surface area contributed by atoms with Gasteiger partial charge >= 0.3 is 0 Å². The third-order valence-electron chi connectivity index (χ3n) is 5.65. The number of aryl methyl sites for hydroxylation is 1. The molecule has 144 valence electrons. The Morgan fingerprint density at radius 1 is 1.15 bits per heavy atom. The van der Waals surface area contributed by atoms with Gasteiger partial charge in [-0.3, -0.25) is 4.90 Å². The Morgan fingerprint density at radius 3 is 2.59 bits per heavy atom. The Balaban J connectivity index is 1.66. The van der Waals surface area contributed by atoms with E-state index in [0.29, 0.717) is 32.7 Å². The number of rotatable bonds is 3. The SMILES string of the molecule is Cc1cc(N2CC[C@](O)(c3ccccc3)[C@H](N3CCOCC3)C2)nc(N)n1. The van der Waals surface area contributed by atoms with Gasteiger partial charge in [0.05, 0.1) is 19.3 Å². The maximum Gasteiger partial charge on any atom is 0.222 e. The highest BCUT2D eigenvalue weighted by Gasteiger charge is 2.46. The smallest absolute Gasteiger partial charge is 0.222 e. The molecule has 2 aliphatic heterocycles. The van der Waals surface area contributed by atoms with Crippen LogP contribution in [0.25, 0.3) is 0 Å². The van der Waals surface area contributed by atoms with Crippen LogP contribution >= 0.6 is 0 Å². The molecular weight excluding hydrogens is 342 g/mol. The first-order valence-electron chi connectivity index (χ1n) is 9.52. The van der Waals surface area contributed by atoms with Gasteiger partial charge in [-0.15, -0.1) is 0 Å². The molecule has 2 atom stereocenters. The van der Waals surface area contributed by atoms with E-state index in [1.54, 1.807) is 0 Å². The van der Waals surface area contributed by atoms with Crippen LogP contribution < -0.4 is 10.6 Å². The second-order valence-electron chi connectivity index (χ2n) is 7.38. The van der Waals surface area contributed by atoms with Crippen LogP contribution in [0.1, 0.15) is 17.7 Å². The summed E-state index contributed by atoms with van der Waals surface area (Å²) >= 11 is 0. The Bertz CT molecular complexity index is 761. The summed E-state index contributed by atoms with van der Waals surface area (Å²) in [6.07, 6.45) is 0.627. The number of nitrogens with zero attached hydrogens (tertiary/aromatic N) is 4. The standard InChI is InChI=1S/C20H27N5O2/c1-15-13-18(23-19(21)22-15)25-8-7-20(26,16-5-3-2-4-6-16)17(14-25)24-9-11-27-12-10-24/h2-6,13,17,26H,7-12,14H2,1H3,(H2,21,22,23)/t17-,20+/m1/s1. The summed E-state index contributed by atoms with van der Waals surface area (Å²) in [4.78, 5) is 13.2. The second kappa shape index (κ2) is 7.42. The van der Waals surface area contributed by atoms with Crippen molar-refractivity contribution in [3.63, 3.8) is 0 Å². The summed E-state index contributed by atoms with van der Waals surface area (Å²) in [7, 11) is 0. The van der Waals surface area contributed by atoms with Gasteiger partial charge in [-0.1, -0.05) is 30.3 Å². The molecule has 27 heavy (non-hydrogen) atoms. The molecule has 0 amide bonds. The Kier molecular flexibility index (Phi) is 4.99. The van der Waals surface area contributed by atoms with Crippen LogP contribution in [0.4, 0.5) is 11.8 Å². The third-order valence-corrected chi connectivity index (χ3v) is 5.65. The molecule has 0 radical (unpaired) electrons. The fourth-order valence-electron chi connectivity index (χ4n) is 4.24. The molecule has 2 aromatic rings. The van der Waals surface area contributed by atoms with Crippen molar-refractivity contribution in [3.8, 4) is 0 Å². The van der Waals surface area contributed by atoms with E-state index in [1.165, 1.54) is 0 Å². The first-order valence-corrected chi connectivity index (χ1v) is 9.52. The van der Waals surface area contributed by atoms with Crippen molar-refractivity contribution in [2.75, 3.05) is 50.0 Å². The summed E-state index contributed by atoms with van der Waals surface area (Å²) < 4.78 is 5.53. The molecule has 0 saturated carbocycles. The molecule has 2 aliphatic rings. The van der Waals surface area contributed by atoms with E-state index in [-0.39, 0.29) is 12.0 Å². The highest BCUT2D eigenvalue weighted by atomic mass is 16.5. The Labute approximate surface area is 159 Å². The predicted octanol–water partition coefficient (Wildman–Crippen LogP) is 1.17. The minimum Gasteiger partial charge on any atom is -0.383 e. The summed E-state index contributed by atoms with van der Waals surface area (Å²) in [5, 5.41) is 11.8. The molecule has 0 spiro atoms. The van der Waals surface area contributed by atoms with Crippen LogP contribution in [0.5, 0.6) is 0 Å². The highest BCUT2D eigenvalue weighted by Crippen LogP contribution is 2.37. The summed E-state index contributed by atoms with van der Waals surface area (Å²) in [5.74, 6) is 1.12. The molecule has 7 nitrogen and oxygen atoms in total. The molecule has 0 unspecified atom stereocenters. The van der Waals surface area contributed by atoms with Gasteiger partial charge in [0.15, 0.2) is 0 Å². The number of hydrogen-bond donors (Lipinski definition) is 2. The van der Waals surface area contributed by atoms with Crippen LogP contribution in [0.3, 0.4) is 0 Å². The van der Waals surface area contributed by atoms with Gasteiger partial charge in [0.2, 0.25) is 5.95 Å². The van der Waals surface area contributed by atoms with Crippen molar-refractivity contribution in [1.29, 1.82) is 0 Å². The molecule has 2 saturated heterocycles. The number of nitrogens with two attached hydrogens (primary N) is 1. The fraction of sp³-hybridized carbons (Fsp3) is 0.500. The van der Waals surface area contributed by atoms with Gasteiger partial charge in [-0.05, 0) is 18.9 Å². The number of ether oxygens (including phenoxy) is 1. The largest absolute Gasteiger partial charge is 0.383 e. The van der Waals surface area contributed by atoms with E-state index in [9.17, 15) is 5.11 Å². The zero-order chi connectivity index (χ0) is 18.9. The summed E-state index contributed by atoms with van der Waals surface area (Å²) in [5.41, 5.74) is 6.79. The zero-order valence-corrected chi connectivity index (χ0v) is 15.7. The molecule has 4 rings (SSSR count). The quantitative estimate of drug-likeness (QED) is 0.839. The topological polar surface area (TPSA) is 87.7 Å². The van der Waals surface area contributed by atoms with Crippen molar-refractivity contribution in [2.45, 2.75) is 25.0 Å². The number of nitrogen functional groups attached to an aromatic ring is 1. The van der Waals surface area contributed by atoms with Crippen LogP contribution in [0, 0.1) is 6.92 Å². The lowest BCUT2D eigenvalue weighted by molar-refractivity contribution is -0.0911. The molecule has 0 bridgehead atoms. The van der Waals surface area contributed by atoms with Crippen molar-refractivity contribution in [3.05, 3.63) is 47.7 Å². The zero-order valence-electron chi connectivity index (χ0n) is 15.7. The van der Waals surface area contributed by atoms with Crippen LogP contribution in [-0.4, -0.2) is 65.4 Å². The molecule has 1 aromatic carbocycles. The number of anilines is 2. The van der Waals surface area contributed by atoms with Crippen molar-refractivity contribution < 1.29 is 9.84 Å². The molecule has 2 fully saturated rings. The minimum atomic E-state index is -0.900. The third kappa shape index (κ3) is 3.63. The van der Waals surface area contributed by atoms with Crippen LogP contribution in [-0.2, 0) is 10.3 Å². The van der Waals surface area contributed by atoms with Gasteiger partial charge in [0.25, 0.3) is 0 Å². The molecule has 7 heteroatoms. The number of benzene rings is 1. The van der Waals surface area contributed by atoms with Crippen LogP contribution in [0.2, 0.25) is 0 Å². The summed E-state index contributed by atoms with van der Waals surface area (Å²) in [6.45, 7) is 6.34. The monoisotopic (exact) mass is 369 g/mol. The van der Waals surface area contributed by atoms with Gasteiger partial charge in [0.1, 0.15) is 11.4 Å². The maximum atomic E-state index is 11.8. The number of aromatic nitrogens is 2. The molecule has 0 aliphatic carbocycles. The predicted molar refractivity (Wildman–Crippen MR) is 105 cm³/mol. The van der Waals surface area contributed by atoms with E-state index in [0.717, 1.165) is 30.2 Å². The molecule has 3 N–H and O–H groups in total.